The van der Waals surface area contributed by atoms with E-state index in [9.17, 15) is 22.8 Å². The molecular weight excluding hydrogens is 363 g/mol. The average Bonchev–Trinajstić information content (AvgIpc) is 3.11. The van der Waals surface area contributed by atoms with E-state index in [2.05, 4.69) is 15.6 Å². The minimum atomic E-state index is -4.51. The van der Waals surface area contributed by atoms with Gasteiger partial charge in [0.15, 0.2) is 12.0 Å². The summed E-state index contributed by atoms with van der Waals surface area (Å²) in [4.78, 5) is 27.7. The third-order valence-electron chi connectivity index (χ3n) is 3.97. The summed E-state index contributed by atoms with van der Waals surface area (Å²) in [6.07, 6.45) is -3.24. The first kappa shape index (κ1) is 16.8. The quantitative estimate of drug-likeness (QED) is 0.528. The molecule has 9 heteroatoms. The molecule has 0 aliphatic carbocycles. The highest BCUT2D eigenvalue weighted by Gasteiger charge is 2.30. The summed E-state index contributed by atoms with van der Waals surface area (Å²) in [5.41, 5.74) is -0.953. The van der Waals surface area contributed by atoms with Crippen LogP contribution in [0.1, 0.15) is 5.56 Å². The fourth-order valence-electron chi connectivity index (χ4n) is 2.62. The zero-order valence-corrected chi connectivity index (χ0v) is 13.4. The van der Waals surface area contributed by atoms with Crippen molar-refractivity contribution < 1.29 is 17.6 Å². The van der Waals surface area contributed by atoms with Crippen molar-refractivity contribution in [2.24, 2.45) is 0 Å². The number of nitrogens with zero attached hydrogens (tertiary/aromatic N) is 1. The van der Waals surface area contributed by atoms with Crippen LogP contribution in [0, 0.1) is 0 Å². The number of benzene rings is 2. The number of hydrogen-bond acceptors (Lipinski definition) is 6. The number of fused-ring (bicyclic) bond motifs is 1. The van der Waals surface area contributed by atoms with Crippen LogP contribution in [0.3, 0.4) is 0 Å². The van der Waals surface area contributed by atoms with Crippen LogP contribution in [0.15, 0.2) is 62.9 Å². The fourth-order valence-corrected chi connectivity index (χ4v) is 2.62. The molecule has 3 aromatic carbocycles. The molecule has 0 aliphatic rings. The minimum absolute atomic E-state index is 0.0312. The second-order valence-electron chi connectivity index (χ2n) is 5.77. The highest BCUT2D eigenvalue weighted by atomic mass is 19.4. The van der Waals surface area contributed by atoms with Gasteiger partial charge in [0.2, 0.25) is 0 Å². The second-order valence-corrected chi connectivity index (χ2v) is 5.77. The maximum atomic E-state index is 12.8. The van der Waals surface area contributed by atoms with Crippen molar-refractivity contribution in [2.75, 3.05) is 10.6 Å². The van der Waals surface area contributed by atoms with Crippen LogP contribution < -0.4 is 21.5 Å². The third-order valence-corrected chi connectivity index (χ3v) is 3.97. The monoisotopic (exact) mass is 373 g/mol. The molecule has 0 radical (unpaired) electrons. The van der Waals surface area contributed by atoms with E-state index in [1.807, 2.05) is 0 Å². The molecule has 6 nitrogen and oxygen atoms in total. The first-order valence-corrected chi connectivity index (χ1v) is 7.71. The van der Waals surface area contributed by atoms with E-state index in [-0.39, 0.29) is 17.1 Å². The van der Waals surface area contributed by atoms with Crippen LogP contribution in [0.4, 0.5) is 35.9 Å². The lowest BCUT2D eigenvalue weighted by molar-refractivity contribution is -0.137. The van der Waals surface area contributed by atoms with Crippen molar-refractivity contribution in [3.8, 4) is 0 Å². The summed E-state index contributed by atoms with van der Waals surface area (Å²) in [5, 5.41) is 5.38. The van der Waals surface area contributed by atoms with Crippen LogP contribution in [0.2, 0.25) is 0 Å². The summed E-state index contributed by atoms with van der Waals surface area (Å²) in [5.74, 6) is 0. The lowest BCUT2D eigenvalue weighted by atomic mass is 10.1. The van der Waals surface area contributed by atoms with E-state index in [1.54, 1.807) is 18.2 Å². The molecule has 4 rings (SSSR count). The SMILES string of the molecule is O=c1c(Nc2cccc(C(F)(F)F)c2)c(Nc2ccc3ncoc3c2)c1=O. The summed E-state index contributed by atoms with van der Waals surface area (Å²) < 4.78 is 43.6. The van der Waals surface area contributed by atoms with E-state index in [4.69, 9.17) is 4.42 Å². The van der Waals surface area contributed by atoms with Crippen LogP contribution in [-0.4, -0.2) is 4.98 Å². The average molecular weight is 373 g/mol. The minimum Gasteiger partial charge on any atom is -0.443 e. The van der Waals surface area contributed by atoms with Gasteiger partial charge in [-0.2, -0.15) is 13.2 Å². The Morgan fingerprint density at radius 2 is 1.56 bits per heavy atom. The van der Waals surface area contributed by atoms with Crippen molar-refractivity contribution in [1.29, 1.82) is 0 Å². The number of rotatable bonds is 4. The number of nitrogens with one attached hydrogen (secondary N) is 2. The molecule has 0 atom stereocenters. The first-order chi connectivity index (χ1) is 12.8. The Morgan fingerprint density at radius 1 is 0.889 bits per heavy atom. The molecule has 0 bridgehead atoms. The van der Waals surface area contributed by atoms with Gasteiger partial charge in [-0.05, 0) is 30.3 Å². The molecule has 0 aliphatic heterocycles. The van der Waals surface area contributed by atoms with Crippen LogP contribution in [0.25, 0.3) is 11.1 Å². The van der Waals surface area contributed by atoms with Gasteiger partial charge in [0, 0.05) is 17.4 Å². The van der Waals surface area contributed by atoms with Crippen LogP contribution in [-0.2, 0) is 6.18 Å². The maximum absolute atomic E-state index is 12.8. The predicted octanol–water partition coefficient (Wildman–Crippen LogP) is 3.93. The molecule has 0 fully saturated rings. The van der Waals surface area contributed by atoms with Gasteiger partial charge in [0.05, 0.1) is 5.56 Å². The highest BCUT2D eigenvalue weighted by molar-refractivity contribution is 5.85. The van der Waals surface area contributed by atoms with Gasteiger partial charge in [-0.25, -0.2) is 4.98 Å². The van der Waals surface area contributed by atoms with Gasteiger partial charge in [-0.1, -0.05) is 6.07 Å². The summed E-state index contributed by atoms with van der Waals surface area (Å²) in [6.45, 7) is 0. The van der Waals surface area contributed by atoms with Gasteiger partial charge in [0.1, 0.15) is 16.9 Å². The molecule has 0 saturated carbocycles. The van der Waals surface area contributed by atoms with E-state index < -0.39 is 22.6 Å². The lowest BCUT2D eigenvalue weighted by Crippen LogP contribution is -2.35. The molecule has 0 amide bonds. The number of halogens is 3. The van der Waals surface area contributed by atoms with Gasteiger partial charge in [-0.15, -0.1) is 0 Å². The van der Waals surface area contributed by atoms with Gasteiger partial charge < -0.3 is 15.1 Å². The van der Waals surface area contributed by atoms with E-state index in [0.29, 0.717) is 16.8 Å². The Balaban J connectivity index is 1.63. The molecule has 27 heavy (non-hydrogen) atoms. The zero-order valence-electron chi connectivity index (χ0n) is 13.4. The molecule has 1 heterocycles. The van der Waals surface area contributed by atoms with Crippen molar-refractivity contribution in [3.05, 3.63) is 74.9 Å². The number of oxazole rings is 1. The lowest BCUT2D eigenvalue weighted by Gasteiger charge is -2.16. The van der Waals surface area contributed by atoms with Crippen molar-refractivity contribution in [1.82, 2.24) is 4.98 Å². The number of aromatic nitrogens is 1. The highest BCUT2D eigenvalue weighted by Crippen LogP contribution is 2.32. The normalized spacial score (nSPS) is 11.8. The largest absolute Gasteiger partial charge is 0.443 e. The Hall–Kier alpha value is -3.62. The first-order valence-electron chi connectivity index (χ1n) is 7.71. The number of hydrogen-bond donors (Lipinski definition) is 2. The fraction of sp³-hybridized carbons (Fsp3) is 0.0556. The smallest absolute Gasteiger partial charge is 0.416 e. The molecule has 0 spiro atoms. The molecule has 136 valence electrons. The maximum Gasteiger partial charge on any atom is 0.416 e. The molecule has 0 unspecified atom stereocenters. The van der Waals surface area contributed by atoms with Gasteiger partial charge >= 0.3 is 6.18 Å². The molecular formula is C18H10F3N3O3. The molecule has 4 aromatic rings. The summed E-state index contributed by atoms with van der Waals surface area (Å²) in [7, 11) is 0. The van der Waals surface area contributed by atoms with E-state index in [1.165, 1.54) is 18.5 Å². The van der Waals surface area contributed by atoms with Crippen molar-refractivity contribution >= 4 is 33.8 Å². The van der Waals surface area contributed by atoms with Crippen molar-refractivity contribution in [2.45, 2.75) is 6.18 Å². The van der Waals surface area contributed by atoms with Gasteiger partial charge in [0.25, 0.3) is 10.9 Å². The topological polar surface area (TPSA) is 84.2 Å². The Labute approximate surface area is 149 Å². The van der Waals surface area contributed by atoms with E-state index in [0.717, 1.165) is 12.1 Å². The third kappa shape index (κ3) is 3.03. The molecule has 2 N–H and O–H groups in total. The summed E-state index contributed by atoms with van der Waals surface area (Å²) in [6, 6.07) is 9.24. The second kappa shape index (κ2) is 5.97. The van der Waals surface area contributed by atoms with E-state index >= 15 is 0 Å². The zero-order chi connectivity index (χ0) is 19.2. The van der Waals surface area contributed by atoms with Crippen LogP contribution in [0.5, 0.6) is 0 Å². The summed E-state index contributed by atoms with van der Waals surface area (Å²) >= 11 is 0. The van der Waals surface area contributed by atoms with Gasteiger partial charge in [-0.3, -0.25) is 9.59 Å². The number of alkyl halides is 3. The Bertz CT molecular complexity index is 1220. The number of anilines is 4. The van der Waals surface area contributed by atoms with Crippen LogP contribution >= 0.6 is 0 Å². The van der Waals surface area contributed by atoms with Crippen molar-refractivity contribution in [3.63, 3.8) is 0 Å². The Kier molecular flexibility index (Phi) is 3.72. The molecule has 0 saturated heterocycles. The predicted molar refractivity (Wildman–Crippen MR) is 93.4 cm³/mol. The molecule has 1 aromatic heterocycles. The standard InChI is InChI=1S/C18H10F3N3O3/c19-18(20,21)9-2-1-3-10(6-9)23-14-15(17(26)16(14)25)24-11-4-5-12-13(7-11)27-8-22-12/h1-8,23-24H. The Morgan fingerprint density at radius 3 is 2.22 bits per heavy atom.